The van der Waals surface area contributed by atoms with E-state index in [0.29, 0.717) is 6.61 Å². The number of rotatable bonds is 5. The Kier molecular flexibility index (Phi) is 4.54. The molecule has 0 aliphatic carbocycles. The summed E-state index contributed by atoms with van der Waals surface area (Å²) >= 11 is 1.63. The first-order valence-corrected chi connectivity index (χ1v) is 9.41. The summed E-state index contributed by atoms with van der Waals surface area (Å²) in [7, 11) is 0. The summed E-state index contributed by atoms with van der Waals surface area (Å²) in [4.78, 5) is 9.89. The normalized spacial score (nSPS) is 10.8. The van der Waals surface area contributed by atoms with Gasteiger partial charge in [0.1, 0.15) is 22.7 Å². The first-order chi connectivity index (χ1) is 12.7. The number of thiophene rings is 1. The van der Waals surface area contributed by atoms with Crippen LogP contribution in [0.5, 0.6) is 5.75 Å². The number of nitrogens with zero attached hydrogens (tertiary/aromatic N) is 2. The van der Waals surface area contributed by atoms with E-state index in [-0.39, 0.29) is 0 Å². The Balaban J connectivity index is 1.75. The number of anilines is 2. The van der Waals surface area contributed by atoms with Gasteiger partial charge in [0.25, 0.3) is 0 Å². The monoisotopic (exact) mass is 361 g/mol. The van der Waals surface area contributed by atoms with Gasteiger partial charge in [0, 0.05) is 16.6 Å². The molecule has 0 saturated carbocycles. The van der Waals surface area contributed by atoms with E-state index < -0.39 is 0 Å². The zero-order valence-corrected chi connectivity index (χ0v) is 15.5. The van der Waals surface area contributed by atoms with Crippen molar-refractivity contribution < 1.29 is 4.74 Å². The van der Waals surface area contributed by atoms with Gasteiger partial charge in [-0.25, -0.2) is 9.97 Å². The second-order valence-corrected chi connectivity index (χ2v) is 6.86. The van der Waals surface area contributed by atoms with Crippen molar-refractivity contribution in [3.8, 4) is 16.9 Å². The highest BCUT2D eigenvalue weighted by atomic mass is 32.1. The van der Waals surface area contributed by atoms with Gasteiger partial charge in [0.05, 0.1) is 12.0 Å². The van der Waals surface area contributed by atoms with Crippen LogP contribution in [0, 0.1) is 6.92 Å². The summed E-state index contributed by atoms with van der Waals surface area (Å²) < 4.78 is 5.54. The standard InChI is InChI=1S/C21H19N3OS/c1-3-25-17-10-6-15(7-11-17)18-12-26-21-19(18)20(22-13-23-21)24-16-8-4-14(2)5-9-16/h4-13H,3H2,1-2H3,(H,22,23,24). The fourth-order valence-corrected chi connectivity index (χ4v) is 3.77. The summed E-state index contributed by atoms with van der Waals surface area (Å²) in [5.74, 6) is 1.70. The molecule has 0 aliphatic rings. The molecule has 4 rings (SSSR count). The fraction of sp³-hybridized carbons (Fsp3) is 0.143. The summed E-state index contributed by atoms with van der Waals surface area (Å²) in [5, 5.41) is 6.61. The van der Waals surface area contributed by atoms with Crippen LogP contribution < -0.4 is 10.1 Å². The first kappa shape index (κ1) is 16.5. The highest BCUT2D eigenvalue weighted by molar-refractivity contribution is 7.17. The van der Waals surface area contributed by atoms with Gasteiger partial charge in [-0.3, -0.25) is 0 Å². The molecule has 2 aromatic carbocycles. The van der Waals surface area contributed by atoms with Gasteiger partial charge in [-0.1, -0.05) is 29.8 Å². The van der Waals surface area contributed by atoms with Crippen molar-refractivity contribution in [1.82, 2.24) is 9.97 Å². The topological polar surface area (TPSA) is 47.0 Å². The third kappa shape index (κ3) is 3.26. The predicted octanol–water partition coefficient (Wildman–Crippen LogP) is 5.81. The number of aromatic nitrogens is 2. The first-order valence-electron chi connectivity index (χ1n) is 8.53. The van der Waals surface area contributed by atoms with Crippen molar-refractivity contribution in [3.05, 3.63) is 65.8 Å². The minimum Gasteiger partial charge on any atom is -0.494 e. The Morgan fingerprint density at radius 3 is 2.50 bits per heavy atom. The maximum absolute atomic E-state index is 5.54. The summed E-state index contributed by atoms with van der Waals surface area (Å²) in [6.45, 7) is 4.73. The number of aryl methyl sites for hydroxylation is 1. The molecule has 26 heavy (non-hydrogen) atoms. The van der Waals surface area contributed by atoms with Crippen molar-refractivity contribution in [2.75, 3.05) is 11.9 Å². The predicted molar refractivity (Wildman–Crippen MR) is 108 cm³/mol. The molecule has 0 amide bonds. The van der Waals surface area contributed by atoms with Crippen molar-refractivity contribution in [2.45, 2.75) is 13.8 Å². The molecule has 0 spiro atoms. The van der Waals surface area contributed by atoms with Crippen LogP contribution in [0.3, 0.4) is 0 Å². The van der Waals surface area contributed by atoms with E-state index in [1.165, 1.54) is 5.56 Å². The van der Waals surface area contributed by atoms with Crippen molar-refractivity contribution >= 4 is 33.1 Å². The molecule has 1 N–H and O–H groups in total. The second kappa shape index (κ2) is 7.14. The fourth-order valence-electron chi connectivity index (χ4n) is 2.85. The third-order valence-corrected chi connectivity index (χ3v) is 5.05. The molecule has 5 heteroatoms. The summed E-state index contributed by atoms with van der Waals surface area (Å²) in [6, 6.07) is 16.4. The van der Waals surface area contributed by atoms with Gasteiger partial charge in [0.15, 0.2) is 0 Å². The van der Waals surface area contributed by atoms with Crippen molar-refractivity contribution in [1.29, 1.82) is 0 Å². The molecule has 4 aromatic rings. The minimum atomic E-state index is 0.666. The number of hydrogen-bond donors (Lipinski definition) is 1. The Labute approximate surface area is 156 Å². The van der Waals surface area contributed by atoms with Crippen molar-refractivity contribution in [2.24, 2.45) is 0 Å². The largest absolute Gasteiger partial charge is 0.494 e. The molecule has 2 aromatic heterocycles. The minimum absolute atomic E-state index is 0.666. The number of ether oxygens (including phenoxy) is 1. The van der Waals surface area contributed by atoms with E-state index in [0.717, 1.165) is 38.6 Å². The third-order valence-electron chi connectivity index (χ3n) is 4.16. The van der Waals surface area contributed by atoms with Crippen LogP contribution in [0.2, 0.25) is 0 Å². The number of nitrogens with one attached hydrogen (secondary N) is 1. The molecule has 4 nitrogen and oxygen atoms in total. The summed E-state index contributed by atoms with van der Waals surface area (Å²) in [5.41, 5.74) is 4.50. The van der Waals surface area contributed by atoms with Crippen LogP contribution in [0.25, 0.3) is 21.3 Å². The number of benzene rings is 2. The van der Waals surface area contributed by atoms with E-state index in [9.17, 15) is 0 Å². The average molecular weight is 361 g/mol. The van der Waals surface area contributed by atoms with Gasteiger partial charge in [-0.2, -0.15) is 0 Å². The Bertz CT molecular complexity index is 1020. The molecule has 0 radical (unpaired) electrons. The molecule has 2 heterocycles. The highest BCUT2D eigenvalue weighted by Crippen LogP contribution is 2.37. The zero-order valence-electron chi connectivity index (χ0n) is 14.7. The van der Waals surface area contributed by atoms with Crippen LogP contribution in [-0.4, -0.2) is 16.6 Å². The van der Waals surface area contributed by atoms with Crippen LogP contribution in [-0.2, 0) is 0 Å². The lowest BCUT2D eigenvalue weighted by Crippen LogP contribution is -1.95. The Morgan fingerprint density at radius 1 is 1.00 bits per heavy atom. The smallest absolute Gasteiger partial charge is 0.143 e. The Morgan fingerprint density at radius 2 is 1.77 bits per heavy atom. The average Bonchev–Trinajstić information content (AvgIpc) is 3.10. The van der Waals surface area contributed by atoms with Gasteiger partial charge < -0.3 is 10.1 Å². The highest BCUT2D eigenvalue weighted by Gasteiger charge is 2.13. The molecule has 0 aliphatic heterocycles. The van der Waals surface area contributed by atoms with Crippen LogP contribution in [0.1, 0.15) is 12.5 Å². The quantitative estimate of drug-likeness (QED) is 0.487. The lowest BCUT2D eigenvalue weighted by atomic mass is 10.1. The van der Waals surface area contributed by atoms with Crippen LogP contribution >= 0.6 is 11.3 Å². The molecule has 0 atom stereocenters. The van der Waals surface area contributed by atoms with E-state index in [1.807, 2.05) is 19.1 Å². The Hall–Kier alpha value is -2.92. The van der Waals surface area contributed by atoms with E-state index in [1.54, 1.807) is 17.7 Å². The maximum atomic E-state index is 5.54. The lowest BCUT2D eigenvalue weighted by molar-refractivity contribution is 0.340. The molecule has 130 valence electrons. The number of hydrogen-bond acceptors (Lipinski definition) is 5. The van der Waals surface area contributed by atoms with Crippen LogP contribution in [0.4, 0.5) is 11.5 Å². The van der Waals surface area contributed by atoms with Crippen LogP contribution in [0.15, 0.2) is 60.2 Å². The molecule has 0 unspecified atom stereocenters. The van der Waals surface area contributed by atoms with Gasteiger partial charge in [0.2, 0.25) is 0 Å². The van der Waals surface area contributed by atoms with Gasteiger partial charge in [-0.05, 0) is 43.7 Å². The van der Waals surface area contributed by atoms with Gasteiger partial charge in [-0.15, -0.1) is 11.3 Å². The zero-order chi connectivity index (χ0) is 17.9. The SMILES string of the molecule is CCOc1ccc(-c2csc3ncnc(Nc4ccc(C)cc4)c23)cc1. The second-order valence-electron chi connectivity index (χ2n) is 6.00. The molecule has 0 fully saturated rings. The van der Waals surface area contributed by atoms with E-state index in [2.05, 4.69) is 64.0 Å². The van der Waals surface area contributed by atoms with Gasteiger partial charge >= 0.3 is 0 Å². The van der Waals surface area contributed by atoms with Crippen molar-refractivity contribution in [3.63, 3.8) is 0 Å². The molecular formula is C21H19N3OS. The van der Waals surface area contributed by atoms with E-state index >= 15 is 0 Å². The molecular weight excluding hydrogens is 342 g/mol. The summed E-state index contributed by atoms with van der Waals surface area (Å²) in [6.07, 6.45) is 1.61. The maximum Gasteiger partial charge on any atom is 0.143 e. The molecule has 0 bridgehead atoms. The number of fused-ring (bicyclic) bond motifs is 1. The lowest BCUT2D eigenvalue weighted by Gasteiger charge is -2.09. The molecule has 0 saturated heterocycles. The van der Waals surface area contributed by atoms with E-state index in [4.69, 9.17) is 4.74 Å².